The Morgan fingerprint density at radius 2 is 1.45 bits per heavy atom. The Morgan fingerprint density at radius 3 is 1.90 bits per heavy atom. The van der Waals surface area contributed by atoms with Gasteiger partial charge in [-0.2, -0.15) is 0 Å². The maximum atomic E-state index is 5.36. The summed E-state index contributed by atoms with van der Waals surface area (Å²) in [5.41, 5.74) is 0. The molecule has 2 atom stereocenters. The number of hydrogen-bond acceptors (Lipinski definition) is 4. The molecule has 4 heteroatoms. The Bertz CT molecular complexity index is 434. The zero-order chi connectivity index (χ0) is 13.6. The fourth-order valence-corrected chi connectivity index (χ4v) is 2.88. The van der Waals surface area contributed by atoms with Gasteiger partial charge in [-0.3, -0.25) is 0 Å². The average molecular weight is 274 g/mol. The fourth-order valence-electron chi connectivity index (χ4n) is 2.88. The van der Waals surface area contributed by atoms with E-state index in [0.29, 0.717) is 12.1 Å². The van der Waals surface area contributed by atoms with Crippen molar-refractivity contribution < 1.29 is 8.83 Å². The standard InChI is InChI=1S/C16H22N2O2/c1-4-13(17-11-15-6-2-8-19-15)10-14(5-1)18-12-16-7-3-9-20-16/h2-3,6-9,13-14,17-18H,1,4-5,10-12H2. The molecule has 1 saturated carbocycles. The summed E-state index contributed by atoms with van der Waals surface area (Å²) in [4.78, 5) is 0. The van der Waals surface area contributed by atoms with E-state index in [1.54, 1.807) is 12.5 Å². The second-order valence-electron chi connectivity index (χ2n) is 5.48. The summed E-state index contributed by atoms with van der Waals surface area (Å²) in [6.45, 7) is 1.64. The molecule has 0 saturated heterocycles. The lowest BCUT2D eigenvalue weighted by atomic mass is 9.91. The zero-order valence-corrected chi connectivity index (χ0v) is 11.7. The van der Waals surface area contributed by atoms with Crippen molar-refractivity contribution in [2.24, 2.45) is 0 Å². The third-order valence-corrected chi connectivity index (χ3v) is 3.96. The lowest BCUT2D eigenvalue weighted by Crippen LogP contribution is -2.41. The van der Waals surface area contributed by atoms with Crippen LogP contribution in [0.15, 0.2) is 45.6 Å². The Hall–Kier alpha value is -1.52. The highest BCUT2D eigenvalue weighted by Crippen LogP contribution is 2.19. The van der Waals surface area contributed by atoms with Crippen molar-refractivity contribution in [2.75, 3.05) is 0 Å². The van der Waals surface area contributed by atoms with Gasteiger partial charge in [-0.15, -0.1) is 0 Å². The predicted octanol–water partition coefficient (Wildman–Crippen LogP) is 3.06. The zero-order valence-electron chi connectivity index (χ0n) is 11.7. The molecule has 0 spiro atoms. The number of hydrogen-bond donors (Lipinski definition) is 2. The van der Waals surface area contributed by atoms with Crippen LogP contribution in [0.1, 0.15) is 37.2 Å². The second-order valence-corrected chi connectivity index (χ2v) is 5.48. The Kier molecular flexibility index (Phi) is 4.56. The SMILES string of the molecule is c1coc(CNC2CCCC(NCc3ccco3)C2)c1. The van der Waals surface area contributed by atoms with E-state index in [1.807, 2.05) is 24.3 Å². The first-order valence-corrected chi connectivity index (χ1v) is 7.41. The molecule has 20 heavy (non-hydrogen) atoms. The quantitative estimate of drug-likeness (QED) is 0.850. The van der Waals surface area contributed by atoms with Gasteiger partial charge < -0.3 is 19.5 Å². The molecule has 2 heterocycles. The van der Waals surface area contributed by atoms with E-state index in [9.17, 15) is 0 Å². The molecule has 0 radical (unpaired) electrons. The average Bonchev–Trinajstić information content (AvgIpc) is 3.17. The van der Waals surface area contributed by atoms with Crippen LogP contribution in [0, 0.1) is 0 Å². The summed E-state index contributed by atoms with van der Waals surface area (Å²) in [7, 11) is 0. The topological polar surface area (TPSA) is 50.3 Å². The van der Waals surface area contributed by atoms with Crippen molar-refractivity contribution in [1.82, 2.24) is 10.6 Å². The molecule has 0 aromatic carbocycles. The smallest absolute Gasteiger partial charge is 0.117 e. The summed E-state index contributed by atoms with van der Waals surface area (Å²) >= 11 is 0. The lowest BCUT2D eigenvalue weighted by Gasteiger charge is -2.30. The highest BCUT2D eigenvalue weighted by molar-refractivity contribution is 4.99. The van der Waals surface area contributed by atoms with Crippen LogP contribution < -0.4 is 10.6 Å². The van der Waals surface area contributed by atoms with Gasteiger partial charge in [-0.05, 0) is 43.5 Å². The third-order valence-electron chi connectivity index (χ3n) is 3.96. The summed E-state index contributed by atoms with van der Waals surface area (Å²) in [5.74, 6) is 2.02. The van der Waals surface area contributed by atoms with E-state index in [2.05, 4.69) is 10.6 Å². The van der Waals surface area contributed by atoms with Crippen molar-refractivity contribution in [3.63, 3.8) is 0 Å². The number of rotatable bonds is 6. The van der Waals surface area contributed by atoms with Crippen molar-refractivity contribution in [2.45, 2.75) is 50.9 Å². The molecule has 108 valence electrons. The largest absolute Gasteiger partial charge is 0.468 e. The highest BCUT2D eigenvalue weighted by atomic mass is 16.3. The van der Waals surface area contributed by atoms with Crippen LogP contribution in [-0.2, 0) is 13.1 Å². The molecule has 2 unspecified atom stereocenters. The second kappa shape index (κ2) is 6.77. The molecule has 1 aliphatic rings. The molecule has 2 aromatic rings. The predicted molar refractivity (Wildman–Crippen MR) is 77.1 cm³/mol. The monoisotopic (exact) mass is 274 g/mol. The first-order chi connectivity index (χ1) is 9.90. The molecule has 0 amide bonds. The van der Waals surface area contributed by atoms with Crippen LogP contribution in [0.5, 0.6) is 0 Å². The van der Waals surface area contributed by atoms with Gasteiger partial charge in [0.15, 0.2) is 0 Å². The van der Waals surface area contributed by atoms with Crippen molar-refractivity contribution in [3.05, 3.63) is 48.3 Å². The Morgan fingerprint density at radius 1 is 0.900 bits per heavy atom. The van der Waals surface area contributed by atoms with Crippen molar-refractivity contribution in [1.29, 1.82) is 0 Å². The van der Waals surface area contributed by atoms with Crippen LogP contribution in [0.2, 0.25) is 0 Å². The molecule has 2 aromatic heterocycles. The molecular weight excluding hydrogens is 252 g/mol. The molecule has 3 rings (SSSR count). The van der Waals surface area contributed by atoms with Gasteiger partial charge in [-0.25, -0.2) is 0 Å². The molecule has 2 N–H and O–H groups in total. The normalized spacial score (nSPS) is 23.0. The van der Waals surface area contributed by atoms with Crippen LogP contribution in [0.3, 0.4) is 0 Å². The first-order valence-electron chi connectivity index (χ1n) is 7.41. The summed E-state index contributed by atoms with van der Waals surface area (Å²) in [5, 5.41) is 7.18. The van der Waals surface area contributed by atoms with Crippen LogP contribution in [-0.4, -0.2) is 12.1 Å². The minimum Gasteiger partial charge on any atom is -0.468 e. The molecule has 4 nitrogen and oxygen atoms in total. The number of nitrogens with one attached hydrogen (secondary N) is 2. The molecular formula is C16H22N2O2. The van der Waals surface area contributed by atoms with Gasteiger partial charge in [0.2, 0.25) is 0 Å². The van der Waals surface area contributed by atoms with E-state index >= 15 is 0 Å². The molecule has 1 fully saturated rings. The van der Waals surface area contributed by atoms with Crippen LogP contribution >= 0.6 is 0 Å². The first kappa shape index (κ1) is 13.5. The van der Waals surface area contributed by atoms with Crippen LogP contribution in [0.4, 0.5) is 0 Å². The fraction of sp³-hybridized carbons (Fsp3) is 0.500. The van der Waals surface area contributed by atoms with Crippen molar-refractivity contribution >= 4 is 0 Å². The van der Waals surface area contributed by atoms with E-state index in [1.165, 1.54) is 25.7 Å². The van der Waals surface area contributed by atoms with Crippen LogP contribution in [0.25, 0.3) is 0 Å². The van der Waals surface area contributed by atoms with Gasteiger partial charge in [0.1, 0.15) is 11.5 Å². The van der Waals surface area contributed by atoms with Crippen molar-refractivity contribution in [3.8, 4) is 0 Å². The Labute approximate surface area is 119 Å². The third kappa shape index (κ3) is 3.74. The molecule has 0 aliphatic heterocycles. The molecule has 1 aliphatic carbocycles. The summed E-state index contributed by atoms with van der Waals surface area (Å²) < 4.78 is 10.7. The minimum atomic E-state index is 0.572. The lowest BCUT2D eigenvalue weighted by molar-refractivity contribution is 0.288. The summed E-state index contributed by atoms with van der Waals surface area (Å²) in [6.07, 6.45) is 8.39. The van der Waals surface area contributed by atoms with Gasteiger partial charge in [-0.1, -0.05) is 6.42 Å². The maximum Gasteiger partial charge on any atom is 0.117 e. The molecule has 0 bridgehead atoms. The highest BCUT2D eigenvalue weighted by Gasteiger charge is 2.21. The number of furan rings is 2. The van der Waals surface area contributed by atoms with E-state index in [0.717, 1.165) is 24.6 Å². The maximum absolute atomic E-state index is 5.36. The van der Waals surface area contributed by atoms with Gasteiger partial charge in [0.25, 0.3) is 0 Å². The van der Waals surface area contributed by atoms with E-state index in [-0.39, 0.29) is 0 Å². The van der Waals surface area contributed by atoms with Gasteiger partial charge in [0, 0.05) is 12.1 Å². The van der Waals surface area contributed by atoms with Gasteiger partial charge in [0.05, 0.1) is 25.6 Å². The van der Waals surface area contributed by atoms with E-state index < -0.39 is 0 Å². The minimum absolute atomic E-state index is 0.572. The Balaban J connectivity index is 1.41. The van der Waals surface area contributed by atoms with Gasteiger partial charge >= 0.3 is 0 Å². The summed E-state index contributed by atoms with van der Waals surface area (Å²) in [6, 6.07) is 9.05. The van der Waals surface area contributed by atoms with E-state index in [4.69, 9.17) is 8.83 Å².